The van der Waals surface area contributed by atoms with Gasteiger partial charge < -0.3 is 5.32 Å². The number of hydrogen-bond acceptors (Lipinski definition) is 2. The van der Waals surface area contributed by atoms with Crippen molar-refractivity contribution in [2.24, 2.45) is 0 Å². The van der Waals surface area contributed by atoms with Gasteiger partial charge in [0.2, 0.25) is 0 Å². The molecule has 2 aromatic rings. The van der Waals surface area contributed by atoms with Gasteiger partial charge in [0.25, 0.3) is 0 Å². The maximum atomic E-state index is 3.62. The van der Waals surface area contributed by atoms with Gasteiger partial charge in [0.05, 0.1) is 0 Å². The predicted molar refractivity (Wildman–Crippen MR) is 87.6 cm³/mol. The fourth-order valence-corrected chi connectivity index (χ4v) is 3.74. The van der Waals surface area contributed by atoms with Crippen LogP contribution in [0, 0.1) is 3.57 Å². The first-order valence-electron chi connectivity index (χ1n) is 5.34. The Hall–Kier alpha value is 0.0900. The van der Waals surface area contributed by atoms with E-state index >= 15 is 0 Å². The van der Waals surface area contributed by atoms with E-state index < -0.39 is 0 Å². The molecular weight excluding hydrogens is 409 g/mol. The smallest absolute Gasteiger partial charge is 0.0383 e. The predicted octanol–water partition coefficient (Wildman–Crippen LogP) is 5.06. The molecule has 1 aromatic carbocycles. The topological polar surface area (TPSA) is 12.0 Å². The summed E-state index contributed by atoms with van der Waals surface area (Å²) >= 11 is 7.81. The molecule has 1 N–H and O–H groups in total. The summed E-state index contributed by atoms with van der Waals surface area (Å²) in [6, 6.07) is 11.2. The second-order valence-electron chi connectivity index (χ2n) is 3.84. The highest BCUT2D eigenvalue weighted by Crippen LogP contribution is 2.36. The Kier molecular flexibility index (Phi) is 4.63. The Morgan fingerprint density at radius 1 is 1.29 bits per heavy atom. The van der Waals surface area contributed by atoms with E-state index in [1.54, 1.807) is 0 Å². The first-order valence-corrected chi connectivity index (χ1v) is 8.03. The first kappa shape index (κ1) is 13.5. The Balaban J connectivity index is 2.40. The van der Waals surface area contributed by atoms with Crippen molar-refractivity contribution < 1.29 is 0 Å². The van der Waals surface area contributed by atoms with Gasteiger partial charge in [-0.3, -0.25) is 0 Å². The maximum absolute atomic E-state index is 3.62. The summed E-state index contributed by atoms with van der Waals surface area (Å²) < 4.78 is 2.42. The van der Waals surface area contributed by atoms with Crippen LogP contribution in [0.4, 0.5) is 0 Å². The summed E-state index contributed by atoms with van der Waals surface area (Å²) in [5, 5.41) is 3.27. The molecule has 90 valence electrons. The molecule has 1 atom stereocenters. The van der Waals surface area contributed by atoms with Crippen LogP contribution in [0.2, 0.25) is 0 Å². The molecule has 0 bridgehead atoms. The van der Waals surface area contributed by atoms with Gasteiger partial charge in [-0.2, -0.15) is 0 Å². The van der Waals surface area contributed by atoms with Crippen LogP contribution in [0.15, 0.2) is 34.8 Å². The molecule has 0 aliphatic carbocycles. The summed E-state index contributed by atoms with van der Waals surface area (Å²) in [7, 11) is 1.99. The highest BCUT2D eigenvalue weighted by atomic mass is 127. The van der Waals surface area contributed by atoms with Crippen LogP contribution in [-0.2, 0) is 0 Å². The lowest BCUT2D eigenvalue weighted by atomic mass is 10.2. The first-order chi connectivity index (χ1) is 8.11. The van der Waals surface area contributed by atoms with E-state index in [1.165, 1.54) is 18.9 Å². The highest BCUT2D eigenvalue weighted by molar-refractivity contribution is 14.1. The minimum absolute atomic E-state index is 0.412. The van der Waals surface area contributed by atoms with Crippen LogP contribution in [0.5, 0.6) is 0 Å². The zero-order valence-electron chi connectivity index (χ0n) is 9.63. The molecule has 0 saturated heterocycles. The van der Waals surface area contributed by atoms with E-state index in [0.29, 0.717) is 6.04 Å². The van der Waals surface area contributed by atoms with Crippen molar-refractivity contribution in [1.82, 2.24) is 5.32 Å². The molecule has 4 heteroatoms. The minimum Gasteiger partial charge on any atom is -0.313 e. The van der Waals surface area contributed by atoms with Crippen LogP contribution in [0.3, 0.4) is 0 Å². The second-order valence-corrected chi connectivity index (χ2v) is 7.05. The van der Waals surface area contributed by atoms with E-state index in [-0.39, 0.29) is 0 Å². The quantitative estimate of drug-likeness (QED) is 0.682. The average molecular weight is 422 g/mol. The number of halogens is 2. The van der Waals surface area contributed by atoms with Crippen molar-refractivity contribution in [1.29, 1.82) is 0 Å². The van der Waals surface area contributed by atoms with Gasteiger partial charge in [-0.1, -0.05) is 15.9 Å². The molecule has 0 spiro atoms. The summed E-state index contributed by atoms with van der Waals surface area (Å²) in [4.78, 5) is 2.68. The number of hydrogen-bond donors (Lipinski definition) is 1. The van der Waals surface area contributed by atoms with Crippen molar-refractivity contribution in [3.8, 4) is 10.4 Å². The largest absolute Gasteiger partial charge is 0.313 e. The van der Waals surface area contributed by atoms with Crippen molar-refractivity contribution in [3.05, 3.63) is 43.3 Å². The maximum Gasteiger partial charge on any atom is 0.0383 e. The van der Waals surface area contributed by atoms with Gasteiger partial charge in [0.1, 0.15) is 0 Å². The molecule has 17 heavy (non-hydrogen) atoms. The normalized spacial score (nSPS) is 12.7. The fraction of sp³-hybridized carbons (Fsp3) is 0.231. The number of rotatable bonds is 3. The Morgan fingerprint density at radius 2 is 2.06 bits per heavy atom. The third kappa shape index (κ3) is 3.10. The van der Waals surface area contributed by atoms with Crippen LogP contribution in [0.1, 0.15) is 17.8 Å². The molecule has 0 amide bonds. The highest BCUT2D eigenvalue weighted by Gasteiger charge is 2.10. The molecule has 0 radical (unpaired) electrons. The van der Waals surface area contributed by atoms with Gasteiger partial charge in [0.15, 0.2) is 0 Å². The second kappa shape index (κ2) is 5.82. The van der Waals surface area contributed by atoms with Gasteiger partial charge in [-0.25, -0.2) is 0 Å². The van der Waals surface area contributed by atoms with Crippen molar-refractivity contribution in [2.75, 3.05) is 7.05 Å². The van der Waals surface area contributed by atoms with Crippen molar-refractivity contribution in [3.63, 3.8) is 0 Å². The zero-order chi connectivity index (χ0) is 12.4. The molecule has 0 aliphatic rings. The van der Waals surface area contributed by atoms with Gasteiger partial charge in [0, 0.05) is 29.4 Å². The van der Waals surface area contributed by atoms with E-state index in [2.05, 4.69) is 81.1 Å². The van der Waals surface area contributed by atoms with Crippen LogP contribution in [-0.4, -0.2) is 7.05 Å². The van der Waals surface area contributed by atoms with Crippen molar-refractivity contribution >= 4 is 49.9 Å². The molecule has 0 aliphatic heterocycles. The van der Waals surface area contributed by atoms with E-state index in [0.717, 1.165) is 4.47 Å². The third-order valence-electron chi connectivity index (χ3n) is 2.68. The monoisotopic (exact) mass is 421 g/mol. The van der Waals surface area contributed by atoms with E-state index in [4.69, 9.17) is 0 Å². The molecular formula is C13H13BrINS. The Labute approximate surface area is 128 Å². The average Bonchev–Trinajstić information content (AvgIpc) is 2.80. The van der Waals surface area contributed by atoms with Gasteiger partial charge in [-0.05, 0) is 66.9 Å². The molecule has 1 heterocycles. The molecule has 0 fully saturated rings. The fourth-order valence-electron chi connectivity index (χ4n) is 1.56. The summed E-state index contributed by atoms with van der Waals surface area (Å²) in [5.74, 6) is 0. The lowest BCUT2D eigenvalue weighted by molar-refractivity contribution is 0.664. The Morgan fingerprint density at radius 3 is 2.76 bits per heavy atom. The lowest BCUT2D eigenvalue weighted by Crippen LogP contribution is -2.10. The van der Waals surface area contributed by atoms with E-state index in [9.17, 15) is 0 Å². The molecule has 1 nitrogen and oxygen atoms in total. The van der Waals surface area contributed by atoms with Crippen LogP contribution >= 0.6 is 49.9 Å². The third-order valence-corrected chi connectivity index (χ3v) is 5.34. The number of thiophene rings is 1. The lowest BCUT2D eigenvalue weighted by Gasteiger charge is -2.06. The molecule has 1 aromatic heterocycles. The van der Waals surface area contributed by atoms with Crippen molar-refractivity contribution in [2.45, 2.75) is 13.0 Å². The summed E-state index contributed by atoms with van der Waals surface area (Å²) in [6.45, 7) is 2.18. The zero-order valence-corrected chi connectivity index (χ0v) is 14.2. The van der Waals surface area contributed by atoms with Gasteiger partial charge in [-0.15, -0.1) is 11.3 Å². The number of benzene rings is 1. The standard InChI is InChI=1S/C13H13BrINS/c1-8(16-2)12-5-6-13(17-12)10-7-9(15)3-4-11(10)14/h3-8,16H,1-2H3. The van der Waals surface area contributed by atoms with E-state index in [1.807, 2.05) is 18.4 Å². The van der Waals surface area contributed by atoms with Gasteiger partial charge >= 0.3 is 0 Å². The van der Waals surface area contributed by atoms with Crippen LogP contribution < -0.4 is 5.32 Å². The number of nitrogens with one attached hydrogen (secondary N) is 1. The van der Waals surface area contributed by atoms with Crippen LogP contribution in [0.25, 0.3) is 10.4 Å². The molecule has 2 rings (SSSR count). The SMILES string of the molecule is CNC(C)c1ccc(-c2cc(I)ccc2Br)s1. The summed E-state index contributed by atoms with van der Waals surface area (Å²) in [6.07, 6.45) is 0. The summed E-state index contributed by atoms with van der Waals surface area (Å²) in [5.41, 5.74) is 1.27. The Bertz CT molecular complexity index is 524. The molecule has 0 saturated carbocycles. The molecule has 1 unspecified atom stereocenters. The minimum atomic E-state index is 0.412.